The van der Waals surface area contributed by atoms with E-state index in [0.717, 1.165) is 5.56 Å². The van der Waals surface area contributed by atoms with Gasteiger partial charge in [-0.3, -0.25) is 0 Å². The summed E-state index contributed by atoms with van der Waals surface area (Å²) in [7, 11) is 0. The molecule has 68 valence electrons. The van der Waals surface area contributed by atoms with Gasteiger partial charge in [-0.1, -0.05) is 30.3 Å². The molecule has 1 aromatic rings. The average molecular weight is 178 g/mol. The van der Waals surface area contributed by atoms with Crippen LogP contribution in [-0.4, -0.2) is 17.0 Å². The number of nitrogens with zero attached hydrogens (tertiary/aromatic N) is 2. The Kier molecular flexibility index (Phi) is 2.86. The Labute approximate surface area is 75.4 Å². The molecule has 0 heterocycles. The zero-order valence-electron chi connectivity index (χ0n) is 6.88. The summed E-state index contributed by atoms with van der Waals surface area (Å²) in [6, 6.07) is 9.07. The third-order valence-electron chi connectivity index (χ3n) is 1.41. The second kappa shape index (κ2) is 4.10. The molecule has 0 atom stereocenters. The number of nitrogens with two attached hydrogens (primary N) is 2. The largest absolute Gasteiger partial charge is 0.408 e. The minimum absolute atomic E-state index is 0.218. The molecule has 0 aliphatic rings. The van der Waals surface area contributed by atoms with Crippen molar-refractivity contribution in [2.45, 2.75) is 0 Å². The molecule has 1 aromatic carbocycles. The first-order valence-corrected chi connectivity index (χ1v) is 3.61. The van der Waals surface area contributed by atoms with E-state index < -0.39 is 0 Å². The van der Waals surface area contributed by atoms with Gasteiger partial charge in [-0.15, -0.1) is 0 Å². The summed E-state index contributed by atoms with van der Waals surface area (Å²) < 4.78 is 0. The van der Waals surface area contributed by atoms with Crippen LogP contribution in [0.4, 0.5) is 0 Å². The molecular formula is C8H10N4O. The fourth-order valence-electron chi connectivity index (χ4n) is 0.819. The maximum Gasteiger partial charge on any atom is 0.258 e. The lowest BCUT2D eigenvalue weighted by atomic mass is 10.2. The lowest BCUT2D eigenvalue weighted by Gasteiger charge is -1.98. The molecule has 5 nitrogen and oxygen atoms in total. The highest BCUT2D eigenvalue weighted by Crippen LogP contribution is 1.97. The Morgan fingerprint density at radius 2 is 1.77 bits per heavy atom. The molecule has 0 unspecified atom stereocenters. The second-order valence-corrected chi connectivity index (χ2v) is 2.32. The molecule has 0 spiro atoms. The Hall–Kier alpha value is -2.04. The third-order valence-corrected chi connectivity index (χ3v) is 1.41. The van der Waals surface area contributed by atoms with Crippen molar-refractivity contribution >= 4 is 11.8 Å². The molecule has 13 heavy (non-hydrogen) atoms. The molecule has 0 amide bonds. The normalized spacial score (nSPS) is 12.9. The number of oxime groups is 1. The quantitative estimate of drug-likeness (QED) is 0.246. The predicted octanol–water partition coefficient (Wildman–Crippen LogP) is 0.0958. The van der Waals surface area contributed by atoms with Gasteiger partial charge in [0.15, 0.2) is 0 Å². The highest BCUT2D eigenvalue weighted by molar-refractivity contribution is 6.04. The van der Waals surface area contributed by atoms with E-state index in [9.17, 15) is 0 Å². The van der Waals surface area contributed by atoms with Crippen molar-refractivity contribution in [1.29, 1.82) is 0 Å². The van der Waals surface area contributed by atoms with Crippen molar-refractivity contribution in [1.82, 2.24) is 0 Å². The summed E-state index contributed by atoms with van der Waals surface area (Å²) in [5.74, 6) is -0.0442. The van der Waals surface area contributed by atoms with Crippen LogP contribution >= 0.6 is 0 Å². The van der Waals surface area contributed by atoms with Crippen molar-refractivity contribution in [2.75, 3.05) is 0 Å². The molecule has 0 radical (unpaired) electrons. The summed E-state index contributed by atoms with van der Waals surface area (Å²) in [6.45, 7) is 0. The number of hydrogen-bond donors (Lipinski definition) is 3. The van der Waals surface area contributed by atoms with Crippen molar-refractivity contribution in [3.05, 3.63) is 35.9 Å². The highest BCUT2D eigenvalue weighted by Gasteiger charge is 1.96. The Bertz CT molecular complexity index is 331. The second-order valence-electron chi connectivity index (χ2n) is 2.32. The minimum atomic E-state index is -0.263. The van der Waals surface area contributed by atoms with Crippen LogP contribution in [0.5, 0.6) is 0 Å². The van der Waals surface area contributed by atoms with E-state index in [0.29, 0.717) is 0 Å². The van der Waals surface area contributed by atoms with Crippen LogP contribution in [0, 0.1) is 0 Å². The van der Waals surface area contributed by atoms with E-state index in [1.54, 1.807) is 12.1 Å². The number of guanidine groups is 1. The molecule has 0 bridgehead atoms. The average Bonchev–Trinajstić information content (AvgIpc) is 2.19. The number of benzene rings is 1. The van der Waals surface area contributed by atoms with Gasteiger partial charge in [0, 0.05) is 5.56 Å². The number of amidine groups is 1. The third kappa shape index (κ3) is 2.48. The molecule has 5 heteroatoms. The summed E-state index contributed by atoms with van der Waals surface area (Å²) in [6.07, 6.45) is 0. The monoisotopic (exact) mass is 178 g/mol. The van der Waals surface area contributed by atoms with Crippen LogP contribution in [0.15, 0.2) is 40.5 Å². The fraction of sp³-hybridized carbons (Fsp3) is 0. The smallest absolute Gasteiger partial charge is 0.258 e. The predicted molar refractivity (Wildman–Crippen MR) is 50.6 cm³/mol. The van der Waals surface area contributed by atoms with Gasteiger partial charge in [0.2, 0.25) is 0 Å². The van der Waals surface area contributed by atoms with Crippen molar-refractivity contribution in [3.8, 4) is 0 Å². The van der Waals surface area contributed by atoms with Gasteiger partial charge in [0.25, 0.3) is 5.96 Å². The Morgan fingerprint density at radius 1 is 1.15 bits per heavy atom. The molecule has 5 N–H and O–H groups in total. The van der Waals surface area contributed by atoms with E-state index in [-0.39, 0.29) is 11.8 Å². The molecule has 0 saturated carbocycles. The van der Waals surface area contributed by atoms with Gasteiger partial charge in [-0.05, 0) is 5.16 Å². The lowest BCUT2D eigenvalue weighted by Crippen LogP contribution is -2.19. The van der Waals surface area contributed by atoms with Crippen molar-refractivity contribution in [3.63, 3.8) is 0 Å². The molecule has 0 aliphatic heterocycles. The first-order chi connectivity index (χ1) is 6.24. The van der Waals surface area contributed by atoms with Gasteiger partial charge in [-0.25, -0.2) is 0 Å². The van der Waals surface area contributed by atoms with Gasteiger partial charge >= 0.3 is 0 Å². The number of hydrogen-bond acceptors (Lipinski definition) is 2. The van der Waals surface area contributed by atoms with E-state index in [2.05, 4.69) is 10.1 Å². The summed E-state index contributed by atoms with van der Waals surface area (Å²) in [5.41, 5.74) is 11.4. The van der Waals surface area contributed by atoms with E-state index in [1.807, 2.05) is 18.2 Å². The first-order valence-electron chi connectivity index (χ1n) is 3.61. The van der Waals surface area contributed by atoms with Gasteiger partial charge in [0.05, 0.1) is 0 Å². The standard InChI is InChI=1S/C8H10N4O/c9-7(11-8(10)12-13)6-4-2-1-3-5-6/h1-5,13H,(H4,9,10,11,12). The van der Waals surface area contributed by atoms with Crippen LogP contribution in [0.3, 0.4) is 0 Å². The summed E-state index contributed by atoms with van der Waals surface area (Å²) in [4.78, 5) is 3.64. The maximum absolute atomic E-state index is 8.23. The topological polar surface area (TPSA) is 97.0 Å². The lowest BCUT2D eigenvalue weighted by molar-refractivity contribution is 0.317. The first kappa shape index (κ1) is 9.05. The summed E-state index contributed by atoms with van der Waals surface area (Å²) in [5, 5.41) is 10.9. The Balaban J connectivity index is 2.92. The Morgan fingerprint density at radius 3 is 2.31 bits per heavy atom. The zero-order valence-corrected chi connectivity index (χ0v) is 6.88. The maximum atomic E-state index is 8.23. The number of aliphatic imine (C=N–C) groups is 1. The van der Waals surface area contributed by atoms with Crippen LogP contribution in [0.2, 0.25) is 0 Å². The van der Waals surface area contributed by atoms with Gasteiger partial charge < -0.3 is 16.7 Å². The molecule has 0 saturated heterocycles. The van der Waals surface area contributed by atoms with Gasteiger partial charge in [-0.2, -0.15) is 4.99 Å². The number of rotatable bonds is 1. The van der Waals surface area contributed by atoms with Crippen molar-refractivity contribution in [2.24, 2.45) is 21.6 Å². The van der Waals surface area contributed by atoms with E-state index in [1.165, 1.54) is 0 Å². The summed E-state index contributed by atoms with van der Waals surface area (Å²) >= 11 is 0. The van der Waals surface area contributed by atoms with Gasteiger partial charge in [0.1, 0.15) is 5.84 Å². The minimum Gasteiger partial charge on any atom is -0.408 e. The van der Waals surface area contributed by atoms with Crippen LogP contribution in [-0.2, 0) is 0 Å². The molecule has 0 aliphatic carbocycles. The van der Waals surface area contributed by atoms with Crippen LogP contribution in [0.1, 0.15) is 5.56 Å². The highest BCUT2D eigenvalue weighted by atomic mass is 16.4. The SMILES string of the molecule is N/C(=N\C(N)=N\O)c1ccccc1. The van der Waals surface area contributed by atoms with Crippen molar-refractivity contribution < 1.29 is 5.21 Å². The molecule has 0 fully saturated rings. The van der Waals surface area contributed by atoms with E-state index in [4.69, 9.17) is 16.7 Å². The van der Waals surface area contributed by atoms with E-state index >= 15 is 0 Å². The molecule has 1 rings (SSSR count). The zero-order chi connectivity index (χ0) is 9.68. The fourth-order valence-corrected chi connectivity index (χ4v) is 0.819. The van der Waals surface area contributed by atoms with Crippen LogP contribution in [0.25, 0.3) is 0 Å². The molecule has 0 aromatic heterocycles. The molecular weight excluding hydrogens is 168 g/mol. The van der Waals surface area contributed by atoms with Crippen LogP contribution < -0.4 is 11.5 Å².